The fourth-order valence-corrected chi connectivity index (χ4v) is 4.48. The smallest absolute Gasteiger partial charge is 0.326 e. The molecule has 0 aliphatic carbocycles. The lowest BCUT2D eigenvalue weighted by molar-refractivity contribution is -0.143. The molecule has 9 nitrogen and oxygen atoms in total. The molecule has 0 saturated carbocycles. The molecule has 0 bridgehead atoms. The molecule has 10 heteroatoms. The van der Waals surface area contributed by atoms with Crippen LogP contribution in [0.15, 0.2) is 35.3 Å². The van der Waals surface area contributed by atoms with E-state index in [1.165, 1.54) is 25.6 Å². The summed E-state index contributed by atoms with van der Waals surface area (Å²) in [5, 5.41) is 0. The average molecular weight is 475 g/mol. The molecule has 0 spiro atoms. The van der Waals surface area contributed by atoms with Gasteiger partial charge in [0.2, 0.25) is 0 Å². The van der Waals surface area contributed by atoms with E-state index in [0.717, 1.165) is 0 Å². The van der Waals surface area contributed by atoms with Crippen LogP contribution in [0.5, 0.6) is 23.0 Å². The highest BCUT2D eigenvalue weighted by molar-refractivity contribution is 7.16. The summed E-state index contributed by atoms with van der Waals surface area (Å²) in [5.41, 5.74) is 1.27. The van der Waals surface area contributed by atoms with Gasteiger partial charge in [-0.2, -0.15) is 4.99 Å². The van der Waals surface area contributed by atoms with Crippen molar-refractivity contribution in [2.75, 3.05) is 35.0 Å². The van der Waals surface area contributed by atoms with Gasteiger partial charge in [-0.15, -0.1) is 0 Å². The zero-order valence-corrected chi connectivity index (χ0v) is 20.0. The van der Waals surface area contributed by atoms with Gasteiger partial charge in [-0.1, -0.05) is 17.4 Å². The Kier molecular flexibility index (Phi) is 7.94. The Balaban J connectivity index is 2.10. The van der Waals surface area contributed by atoms with E-state index in [4.69, 9.17) is 23.7 Å². The van der Waals surface area contributed by atoms with E-state index < -0.39 is 11.9 Å². The Hall–Kier alpha value is -3.53. The lowest BCUT2D eigenvalue weighted by atomic mass is 10.1. The molecular formula is C23H26N2O7S. The van der Waals surface area contributed by atoms with Crippen LogP contribution in [-0.2, 0) is 27.3 Å². The topological polar surface area (TPSA) is 97.6 Å². The van der Waals surface area contributed by atoms with Gasteiger partial charge in [0.15, 0.2) is 4.80 Å². The molecule has 0 atom stereocenters. The summed E-state index contributed by atoms with van der Waals surface area (Å²) >= 11 is 1.23. The molecule has 0 aliphatic rings. The molecule has 0 aliphatic heterocycles. The molecule has 0 unspecified atom stereocenters. The van der Waals surface area contributed by atoms with Crippen LogP contribution in [0.4, 0.5) is 0 Å². The second-order valence-electron chi connectivity index (χ2n) is 6.78. The largest absolute Gasteiger partial charge is 0.497 e. The number of esters is 1. The Morgan fingerprint density at radius 1 is 0.939 bits per heavy atom. The summed E-state index contributed by atoms with van der Waals surface area (Å²) < 4.78 is 29.0. The van der Waals surface area contributed by atoms with Crippen molar-refractivity contribution in [3.8, 4) is 23.0 Å². The highest BCUT2D eigenvalue weighted by atomic mass is 32.1. The maximum absolute atomic E-state index is 12.9. The van der Waals surface area contributed by atoms with Crippen LogP contribution in [0.1, 0.15) is 12.5 Å². The molecule has 2 aromatic carbocycles. The van der Waals surface area contributed by atoms with Gasteiger partial charge in [0.05, 0.1) is 41.5 Å². The van der Waals surface area contributed by atoms with Crippen molar-refractivity contribution in [1.82, 2.24) is 4.57 Å². The molecule has 0 saturated heterocycles. The predicted octanol–water partition coefficient (Wildman–Crippen LogP) is 2.97. The number of amides is 1. The number of carbonyl (C=O) groups is 2. The standard InChI is InChI=1S/C23H26N2O7S/c1-6-32-20(27)13-25-21-16(29-3)9-10-17(30-4)22(21)33-23(25)24-19(26)11-14-7-8-15(28-2)12-18(14)31-5/h7-10,12H,6,11,13H2,1-5H3. The lowest BCUT2D eigenvalue weighted by Gasteiger charge is -2.10. The monoisotopic (exact) mass is 474 g/mol. The van der Waals surface area contributed by atoms with Gasteiger partial charge >= 0.3 is 5.97 Å². The second kappa shape index (κ2) is 10.9. The molecule has 0 fully saturated rings. The minimum atomic E-state index is -0.451. The number of thiazole rings is 1. The molecule has 1 aromatic heterocycles. The molecular weight excluding hydrogens is 448 g/mol. The number of hydrogen-bond acceptors (Lipinski definition) is 8. The minimum Gasteiger partial charge on any atom is -0.497 e. The van der Waals surface area contributed by atoms with Crippen molar-refractivity contribution in [3.05, 3.63) is 40.7 Å². The van der Waals surface area contributed by atoms with Gasteiger partial charge in [0.25, 0.3) is 5.91 Å². The molecule has 1 heterocycles. The first-order valence-electron chi connectivity index (χ1n) is 10.1. The van der Waals surface area contributed by atoms with Crippen LogP contribution >= 0.6 is 11.3 Å². The molecule has 3 rings (SSSR count). The predicted molar refractivity (Wildman–Crippen MR) is 123 cm³/mol. The SMILES string of the molecule is CCOC(=O)Cn1c(=NC(=O)Cc2ccc(OC)cc2OC)sc2c(OC)ccc(OC)c21. The zero-order valence-electron chi connectivity index (χ0n) is 19.2. The fourth-order valence-electron chi connectivity index (χ4n) is 3.33. The third kappa shape index (κ3) is 5.28. The molecule has 0 radical (unpaired) electrons. The van der Waals surface area contributed by atoms with Gasteiger partial charge in [-0.3, -0.25) is 9.59 Å². The number of benzene rings is 2. The van der Waals surface area contributed by atoms with Crippen LogP contribution in [-0.4, -0.2) is 51.5 Å². The Morgan fingerprint density at radius 3 is 2.27 bits per heavy atom. The summed E-state index contributed by atoms with van der Waals surface area (Å²) in [6, 6.07) is 8.72. The average Bonchev–Trinajstić information content (AvgIpc) is 3.16. The number of methoxy groups -OCH3 is 4. The summed E-state index contributed by atoms with van der Waals surface area (Å²) in [4.78, 5) is 29.9. The summed E-state index contributed by atoms with van der Waals surface area (Å²) in [7, 11) is 6.17. The number of rotatable bonds is 9. The van der Waals surface area contributed by atoms with Crippen molar-refractivity contribution < 1.29 is 33.3 Å². The van der Waals surface area contributed by atoms with Crippen LogP contribution in [0, 0.1) is 0 Å². The first kappa shape index (κ1) is 24.1. The zero-order chi connectivity index (χ0) is 24.0. The number of aromatic nitrogens is 1. The van der Waals surface area contributed by atoms with Crippen LogP contribution in [0.3, 0.4) is 0 Å². The van der Waals surface area contributed by atoms with Crippen LogP contribution in [0.25, 0.3) is 10.2 Å². The number of carbonyl (C=O) groups excluding carboxylic acids is 2. The maximum Gasteiger partial charge on any atom is 0.326 e. The molecule has 0 N–H and O–H groups in total. The first-order chi connectivity index (χ1) is 15.9. The van der Waals surface area contributed by atoms with Crippen LogP contribution < -0.4 is 23.7 Å². The first-order valence-corrected chi connectivity index (χ1v) is 11.0. The Morgan fingerprint density at radius 2 is 1.64 bits per heavy atom. The van der Waals surface area contributed by atoms with Crippen molar-refractivity contribution in [3.63, 3.8) is 0 Å². The highest BCUT2D eigenvalue weighted by Crippen LogP contribution is 2.35. The van der Waals surface area contributed by atoms with Gasteiger partial charge in [0.1, 0.15) is 39.8 Å². The summed E-state index contributed by atoms with van der Waals surface area (Å²) in [6.45, 7) is 1.84. The van der Waals surface area contributed by atoms with Crippen molar-refractivity contribution >= 4 is 33.4 Å². The van der Waals surface area contributed by atoms with E-state index >= 15 is 0 Å². The van der Waals surface area contributed by atoms with Crippen molar-refractivity contribution in [1.29, 1.82) is 0 Å². The summed E-state index contributed by atoms with van der Waals surface area (Å²) in [6.07, 6.45) is 0.00902. The molecule has 1 amide bonds. The quantitative estimate of drug-likeness (QED) is 0.440. The van der Waals surface area contributed by atoms with E-state index in [2.05, 4.69) is 4.99 Å². The third-order valence-electron chi connectivity index (χ3n) is 4.84. The highest BCUT2D eigenvalue weighted by Gasteiger charge is 2.19. The van der Waals surface area contributed by atoms with E-state index in [1.54, 1.807) is 56.0 Å². The second-order valence-corrected chi connectivity index (χ2v) is 7.76. The van der Waals surface area contributed by atoms with Crippen molar-refractivity contribution in [2.24, 2.45) is 4.99 Å². The molecule has 176 valence electrons. The number of ether oxygens (including phenoxy) is 5. The maximum atomic E-state index is 12.9. The van der Waals surface area contributed by atoms with E-state index in [1.807, 2.05) is 0 Å². The lowest BCUT2D eigenvalue weighted by Crippen LogP contribution is -2.23. The van der Waals surface area contributed by atoms with Gasteiger partial charge < -0.3 is 28.3 Å². The molecule has 3 aromatic rings. The number of fused-ring (bicyclic) bond motifs is 1. The van der Waals surface area contributed by atoms with Gasteiger partial charge in [0, 0.05) is 11.6 Å². The third-order valence-corrected chi connectivity index (χ3v) is 5.93. The van der Waals surface area contributed by atoms with E-state index in [-0.39, 0.29) is 19.6 Å². The Bertz CT molecular complexity index is 1230. The number of nitrogens with zero attached hydrogens (tertiary/aromatic N) is 2. The fraction of sp³-hybridized carbons (Fsp3) is 0.348. The normalized spacial score (nSPS) is 11.4. The van der Waals surface area contributed by atoms with Gasteiger partial charge in [-0.05, 0) is 25.1 Å². The number of hydrogen-bond donors (Lipinski definition) is 0. The minimum absolute atomic E-state index is 0.00902. The molecule has 33 heavy (non-hydrogen) atoms. The van der Waals surface area contributed by atoms with E-state index in [0.29, 0.717) is 43.6 Å². The van der Waals surface area contributed by atoms with E-state index in [9.17, 15) is 9.59 Å². The van der Waals surface area contributed by atoms with Gasteiger partial charge in [-0.25, -0.2) is 0 Å². The van der Waals surface area contributed by atoms with Crippen LogP contribution in [0.2, 0.25) is 0 Å². The Labute approximate surface area is 195 Å². The van der Waals surface area contributed by atoms with Crippen molar-refractivity contribution in [2.45, 2.75) is 19.9 Å². The summed E-state index contributed by atoms with van der Waals surface area (Å²) in [5.74, 6) is 1.40.